The molecule has 2 aromatic rings. The van der Waals surface area contributed by atoms with Crippen molar-refractivity contribution in [3.63, 3.8) is 0 Å². The van der Waals surface area contributed by atoms with Crippen LogP contribution < -0.4 is 5.32 Å². The van der Waals surface area contributed by atoms with Gasteiger partial charge in [0.25, 0.3) is 5.91 Å². The average molecular weight is 367 g/mol. The maximum Gasteiger partial charge on any atom is 0.292 e. The summed E-state index contributed by atoms with van der Waals surface area (Å²) in [4.78, 5) is 24.7. The molecule has 0 bridgehead atoms. The summed E-state index contributed by atoms with van der Waals surface area (Å²) in [6.07, 6.45) is 1.73. The molecule has 0 radical (unpaired) electrons. The van der Waals surface area contributed by atoms with E-state index < -0.39 is 29.3 Å². The van der Waals surface area contributed by atoms with Gasteiger partial charge in [0, 0.05) is 5.92 Å². The molecular weight excluding hydrogens is 352 g/mol. The first-order valence-electron chi connectivity index (χ1n) is 8.36. The van der Waals surface area contributed by atoms with Gasteiger partial charge in [-0.1, -0.05) is 24.3 Å². The molecule has 1 aliphatic heterocycles. The normalized spacial score (nSPS) is 21.7. The van der Waals surface area contributed by atoms with Crippen molar-refractivity contribution in [1.29, 1.82) is 0 Å². The number of nitrogens with one attached hydrogen (secondary N) is 1. The molecule has 136 valence electrons. The van der Waals surface area contributed by atoms with Gasteiger partial charge in [0.15, 0.2) is 0 Å². The molecule has 0 aromatic heterocycles. The van der Waals surface area contributed by atoms with Gasteiger partial charge in [0.2, 0.25) is 5.78 Å². The van der Waals surface area contributed by atoms with Crippen molar-refractivity contribution in [3.05, 3.63) is 88.8 Å². The maximum absolute atomic E-state index is 13.4. The van der Waals surface area contributed by atoms with Crippen LogP contribution in [0.2, 0.25) is 0 Å². The second kappa shape index (κ2) is 6.46. The number of ketones is 1. The number of ether oxygens (including phenoxy) is 1. The third-order valence-corrected chi connectivity index (χ3v) is 4.91. The minimum Gasteiger partial charge on any atom is -0.495 e. The molecular formula is C21H15F2NO3. The molecule has 2 aromatic carbocycles. The number of hydrogen-bond acceptors (Lipinski definition) is 3. The number of hydrogen-bond donors (Lipinski definition) is 1. The Hall–Kier alpha value is -3.28. The zero-order chi connectivity index (χ0) is 19.1. The van der Waals surface area contributed by atoms with Crippen molar-refractivity contribution in [2.75, 3.05) is 7.11 Å². The minimum absolute atomic E-state index is 0.372. The molecule has 6 heteroatoms. The molecule has 1 aliphatic carbocycles. The molecule has 2 atom stereocenters. The topological polar surface area (TPSA) is 55.4 Å². The fraction of sp³-hybridized carbons (Fsp3) is 0.143. The molecule has 1 N–H and O–H groups in total. The number of halogens is 2. The highest BCUT2D eigenvalue weighted by atomic mass is 19.1. The lowest BCUT2D eigenvalue weighted by atomic mass is 9.72. The summed E-state index contributed by atoms with van der Waals surface area (Å²) in [6, 6.07) is 11.6. The molecule has 1 heterocycles. The van der Waals surface area contributed by atoms with Crippen molar-refractivity contribution in [2.45, 2.75) is 5.92 Å². The number of methoxy groups -OCH3 is 1. The zero-order valence-electron chi connectivity index (χ0n) is 14.3. The van der Waals surface area contributed by atoms with Crippen LogP contribution in [-0.4, -0.2) is 18.8 Å². The Bertz CT molecular complexity index is 991. The number of rotatable bonds is 3. The molecule has 27 heavy (non-hydrogen) atoms. The number of benzene rings is 2. The van der Waals surface area contributed by atoms with Crippen LogP contribution in [0, 0.1) is 17.6 Å². The summed E-state index contributed by atoms with van der Waals surface area (Å²) >= 11 is 0. The van der Waals surface area contributed by atoms with Gasteiger partial charge in [0.05, 0.1) is 18.7 Å². The third-order valence-electron chi connectivity index (χ3n) is 4.91. The molecule has 2 unspecified atom stereocenters. The quantitative estimate of drug-likeness (QED) is 0.847. The van der Waals surface area contributed by atoms with E-state index in [1.165, 1.54) is 31.4 Å². The number of carbonyl (C=O) groups excluding carboxylic acids is 2. The van der Waals surface area contributed by atoms with Crippen LogP contribution in [0.4, 0.5) is 8.78 Å². The highest BCUT2D eigenvalue weighted by molar-refractivity contribution is 6.41. The summed E-state index contributed by atoms with van der Waals surface area (Å²) < 4.78 is 32.2. The maximum atomic E-state index is 13.4. The van der Waals surface area contributed by atoms with Crippen molar-refractivity contribution < 1.29 is 23.1 Å². The lowest BCUT2D eigenvalue weighted by Gasteiger charge is -2.31. The van der Waals surface area contributed by atoms with E-state index in [0.29, 0.717) is 28.2 Å². The van der Waals surface area contributed by atoms with Gasteiger partial charge in [-0.15, -0.1) is 0 Å². The smallest absolute Gasteiger partial charge is 0.292 e. The molecule has 0 saturated carbocycles. The Morgan fingerprint density at radius 2 is 1.48 bits per heavy atom. The van der Waals surface area contributed by atoms with Crippen molar-refractivity contribution in [3.8, 4) is 0 Å². The minimum atomic E-state index is -0.803. The number of allylic oxidation sites excluding steroid dienone is 3. The highest BCUT2D eigenvalue weighted by Gasteiger charge is 2.48. The molecule has 2 aliphatic rings. The van der Waals surface area contributed by atoms with Gasteiger partial charge in [-0.25, -0.2) is 8.78 Å². The van der Waals surface area contributed by atoms with Gasteiger partial charge in [-0.05, 0) is 47.0 Å². The predicted octanol–water partition coefficient (Wildman–Crippen LogP) is 3.32. The Labute approximate surface area is 154 Å². The summed E-state index contributed by atoms with van der Waals surface area (Å²) in [7, 11) is 1.45. The lowest BCUT2D eigenvalue weighted by Crippen LogP contribution is -2.26. The molecule has 1 amide bonds. The van der Waals surface area contributed by atoms with E-state index in [2.05, 4.69) is 5.32 Å². The Kier molecular flexibility index (Phi) is 4.11. The second-order valence-electron chi connectivity index (χ2n) is 6.41. The fourth-order valence-electron chi connectivity index (χ4n) is 3.67. The standard InChI is InChI=1S/C21H15F2NO3/c1-27-16-10-15(11-2-6-13(22)7-3-11)17(12-4-8-14(23)9-5-12)18-19(16)24-21(26)20(18)25/h2-10,17-18H,1H3,(H,24,26). The van der Waals surface area contributed by atoms with Crippen LogP contribution in [0.5, 0.6) is 0 Å². The number of amides is 1. The predicted molar refractivity (Wildman–Crippen MR) is 94.2 cm³/mol. The first-order valence-corrected chi connectivity index (χ1v) is 8.36. The molecule has 4 nitrogen and oxygen atoms in total. The highest BCUT2D eigenvalue weighted by Crippen LogP contribution is 2.47. The van der Waals surface area contributed by atoms with Gasteiger partial charge in [-0.2, -0.15) is 0 Å². The van der Waals surface area contributed by atoms with E-state index in [4.69, 9.17) is 4.74 Å². The first-order chi connectivity index (χ1) is 13.0. The van der Waals surface area contributed by atoms with Crippen molar-refractivity contribution >= 4 is 17.3 Å². The van der Waals surface area contributed by atoms with Crippen LogP contribution in [0.1, 0.15) is 17.0 Å². The summed E-state index contributed by atoms with van der Waals surface area (Å²) in [5, 5.41) is 2.59. The zero-order valence-corrected chi connectivity index (χ0v) is 14.3. The van der Waals surface area contributed by atoms with Crippen molar-refractivity contribution in [1.82, 2.24) is 5.32 Å². The van der Waals surface area contributed by atoms with E-state index in [1.807, 2.05) is 0 Å². The molecule has 1 saturated heterocycles. The van der Waals surface area contributed by atoms with E-state index in [0.717, 1.165) is 0 Å². The lowest BCUT2D eigenvalue weighted by molar-refractivity contribution is -0.136. The average Bonchev–Trinajstić information content (AvgIpc) is 2.97. The van der Waals surface area contributed by atoms with Crippen LogP contribution in [0.3, 0.4) is 0 Å². The fourth-order valence-corrected chi connectivity index (χ4v) is 3.67. The van der Waals surface area contributed by atoms with Gasteiger partial charge >= 0.3 is 0 Å². The SMILES string of the molecule is COC1=C2NC(=O)C(=O)C2C(c2ccc(F)cc2)C(c2ccc(F)cc2)=C1. The second-order valence-corrected chi connectivity index (χ2v) is 6.41. The van der Waals surface area contributed by atoms with Gasteiger partial charge < -0.3 is 10.1 Å². The van der Waals surface area contributed by atoms with Crippen LogP contribution in [0.15, 0.2) is 66.1 Å². The van der Waals surface area contributed by atoms with Gasteiger partial charge in [0.1, 0.15) is 17.4 Å². The van der Waals surface area contributed by atoms with Crippen molar-refractivity contribution in [2.24, 2.45) is 5.92 Å². The van der Waals surface area contributed by atoms with Crippen LogP contribution >= 0.6 is 0 Å². The third kappa shape index (κ3) is 2.83. The van der Waals surface area contributed by atoms with Gasteiger partial charge in [-0.3, -0.25) is 9.59 Å². The Morgan fingerprint density at radius 1 is 0.889 bits per heavy atom. The summed E-state index contributed by atoms with van der Waals surface area (Å²) in [5.41, 5.74) is 2.45. The Morgan fingerprint density at radius 3 is 2.07 bits per heavy atom. The number of Topliss-reactive ketones (excluding diaryl/α,β-unsaturated/α-hetero) is 1. The van der Waals surface area contributed by atoms with Crippen LogP contribution in [-0.2, 0) is 14.3 Å². The van der Waals surface area contributed by atoms with E-state index in [9.17, 15) is 18.4 Å². The number of carbonyl (C=O) groups is 2. The monoisotopic (exact) mass is 367 g/mol. The molecule has 1 fully saturated rings. The van der Waals surface area contributed by atoms with E-state index in [-0.39, 0.29) is 5.82 Å². The Balaban J connectivity index is 1.93. The van der Waals surface area contributed by atoms with E-state index >= 15 is 0 Å². The molecule has 0 spiro atoms. The molecule has 4 rings (SSSR count). The van der Waals surface area contributed by atoms with Crippen LogP contribution in [0.25, 0.3) is 5.57 Å². The first kappa shape index (κ1) is 17.1. The number of fused-ring (bicyclic) bond motifs is 1. The summed E-state index contributed by atoms with van der Waals surface area (Å²) in [5.74, 6) is -3.03. The van der Waals surface area contributed by atoms with E-state index in [1.54, 1.807) is 30.3 Å². The summed E-state index contributed by atoms with van der Waals surface area (Å²) in [6.45, 7) is 0. The largest absolute Gasteiger partial charge is 0.495 e.